The second-order valence-electron chi connectivity index (χ2n) is 2.45. The molecule has 0 bridgehead atoms. The number of alkyl halides is 2. The van der Waals surface area contributed by atoms with E-state index in [0.29, 0.717) is 11.3 Å². The molecule has 0 heterocycles. The van der Waals surface area contributed by atoms with Gasteiger partial charge in [0.1, 0.15) is 6.54 Å². The fourth-order valence-corrected chi connectivity index (χ4v) is 0.838. The second-order valence-corrected chi connectivity index (χ2v) is 2.45. The molecule has 0 aromatic rings. The summed E-state index contributed by atoms with van der Waals surface area (Å²) in [4.78, 5) is 21.5. The molecule has 0 saturated heterocycles. The van der Waals surface area contributed by atoms with E-state index < -0.39 is 24.8 Å². The minimum absolute atomic E-state index is 0.0372. The lowest BCUT2D eigenvalue weighted by Crippen LogP contribution is -2.39. The van der Waals surface area contributed by atoms with Crippen molar-refractivity contribution in [2.45, 2.75) is 19.8 Å². The molecule has 1 N–H and O–H groups in total. The molecular formula is C7H11F2NO3. The summed E-state index contributed by atoms with van der Waals surface area (Å²) >= 11 is 0. The molecule has 1 amide bonds. The van der Waals surface area contributed by atoms with E-state index in [1.165, 1.54) is 0 Å². The summed E-state index contributed by atoms with van der Waals surface area (Å²) in [6.07, 6.45) is -2.68. The summed E-state index contributed by atoms with van der Waals surface area (Å²) in [6.45, 7) is 1.04. The Morgan fingerprint density at radius 2 is 2.00 bits per heavy atom. The molecular weight excluding hydrogens is 184 g/mol. The lowest BCUT2D eigenvalue weighted by atomic mass is 10.4. The molecule has 0 aromatic heterocycles. The number of hydrogen-bond acceptors (Lipinski definition) is 2. The summed E-state index contributed by atoms with van der Waals surface area (Å²) in [5.41, 5.74) is 0. The largest absolute Gasteiger partial charge is 0.480 e. The molecule has 0 saturated carbocycles. The monoisotopic (exact) mass is 195 g/mol. The van der Waals surface area contributed by atoms with Crippen molar-refractivity contribution in [2.75, 3.05) is 13.1 Å². The molecule has 0 spiro atoms. The third-order valence-electron chi connectivity index (χ3n) is 1.32. The van der Waals surface area contributed by atoms with Crippen molar-refractivity contribution in [3.63, 3.8) is 0 Å². The predicted octanol–water partition coefficient (Wildman–Crippen LogP) is 0.575. The number of rotatable bonds is 5. The van der Waals surface area contributed by atoms with Gasteiger partial charge in [0, 0.05) is 6.54 Å². The van der Waals surface area contributed by atoms with Gasteiger partial charge in [-0.3, -0.25) is 9.59 Å². The van der Waals surface area contributed by atoms with E-state index in [4.69, 9.17) is 5.11 Å². The normalized spacial score (nSPS) is 10.2. The molecule has 13 heavy (non-hydrogen) atoms. The minimum atomic E-state index is -3.13. The average Bonchev–Trinajstić information content (AvgIpc) is 2.01. The zero-order valence-corrected chi connectivity index (χ0v) is 7.17. The smallest absolute Gasteiger partial charge is 0.323 e. The maximum Gasteiger partial charge on any atom is 0.323 e. The zero-order valence-electron chi connectivity index (χ0n) is 7.17. The Morgan fingerprint density at radius 1 is 1.46 bits per heavy atom. The first-order valence-corrected chi connectivity index (χ1v) is 3.77. The van der Waals surface area contributed by atoms with Gasteiger partial charge in [0.15, 0.2) is 0 Å². The van der Waals surface area contributed by atoms with Crippen molar-refractivity contribution in [3.8, 4) is 0 Å². The molecule has 0 aliphatic heterocycles. The SMILES string of the molecule is CCCN(CC(=O)O)C(=O)C(F)F. The lowest BCUT2D eigenvalue weighted by molar-refractivity contribution is -0.150. The van der Waals surface area contributed by atoms with E-state index in [2.05, 4.69) is 0 Å². The van der Waals surface area contributed by atoms with Gasteiger partial charge in [0.25, 0.3) is 5.91 Å². The molecule has 0 aliphatic rings. The van der Waals surface area contributed by atoms with Crippen LogP contribution in [-0.2, 0) is 9.59 Å². The lowest BCUT2D eigenvalue weighted by Gasteiger charge is -2.18. The Labute approximate surface area is 74.1 Å². The van der Waals surface area contributed by atoms with Crippen molar-refractivity contribution in [3.05, 3.63) is 0 Å². The van der Waals surface area contributed by atoms with Gasteiger partial charge in [-0.25, -0.2) is 0 Å². The average molecular weight is 195 g/mol. The molecule has 0 unspecified atom stereocenters. The number of carbonyl (C=O) groups is 2. The predicted molar refractivity (Wildman–Crippen MR) is 40.5 cm³/mol. The van der Waals surface area contributed by atoms with Crippen LogP contribution in [0.2, 0.25) is 0 Å². The molecule has 0 fully saturated rings. The number of carboxylic acid groups (broad SMARTS) is 1. The van der Waals surface area contributed by atoms with Crippen LogP contribution in [0, 0.1) is 0 Å². The summed E-state index contributed by atoms with van der Waals surface area (Å²) in [5.74, 6) is -2.72. The van der Waals surface area contributed by atoms with Crippen molar-refractivity contribution >= 4 is 11.9 Å². The van der Waals surface area contributed by atoms with Crippen molar-refractivity contribution < 1.29 is 23.5 Å². The van der Waals surface area contributed by atoms with Crippen LogP contribution in [0.1, 0.15) is 13.3 Å². The molecule has 0 radical (unpaired) electrons. The number of halogens is 2. The van der Waals surface area contributed by atoms with E-state index in [-0.39, 0.29) is 6.54 Å². The Hall–Kier alpha value is -1.20. The molecule has 0 rings (SSSR count). The maximum absolute atomic E-state index is 11.9. The number of amides is 1. The number of aliphatic carboxylic acids is 1. The van der Waals surface area contributed by atoms with Gasteiger partial charge < -0.3 is 10.0 Å². The van der Waals surface area contributed by atoms with Crippen LogP contribution in [0.4, 0.5) is 8.78 Å². The van der Waals surface area contributed by atoms with Crippen LogP contribution in [0.3, 0.4) is 0 Å². The Morgan fingerprint density at radius 3 is 2.31 bits per heavy atom. The Kier molecular flexibility index (Phi) is 4.94. The third kappa shape index (κ3) is 4.39. The van der Waals surface area contributed by atoms with E-state index in [1.54, 1.807) is 6.92 Å². The Bertz CT molecular complexity index is 196. The van der Waals surface area contributed by atoms with Crippen LogP contribution in [-0.4, -0.2) is 41.4 Å². The quantitative estimate of drug-likeness (QED) is 0.697. The molecule has 0 aromatic carbocycles. The molecule has 0 aliphatic carbocycles. The number of nitrogens with zero attached hydrogens (tertiary/aromatic N) is 1. The van der Waals surface area contributed by atoms with E-state index in [1.807, 2.05) is 0 Å². The summed E-state index contributed by atoms with van der Waals surface area (Å²) in [7, 11) is 0. The standard InChI is InChI=1S/C7H11F2NO3/c1-2-3-10(4-5(11)12)7(13)6(8)9/h6H,2-4H2,1H3,(H,11,12). The van der Waals surface area contributed by atoms with Gasteiger partial charge in [-0.2, -0.15) is 8.78 Å². The highest BCUT2D eigenvalue weighted by Crippen LogP contribution is 2.01. The van der Waals surface area contributed by atoms with Gasteiger partial charge in [0.2, 0.25) is 0 Å². The number of carboxylic acids is 1. The van der Waals surface area contributed by atoms with Crippen molar-refractivity contribution in [1.82, 2.24) is 4.90 Å². The van der Waals surface area contributed by atoms with Gasteiger partial charge in [-0.15, -0.1) is 0 Å². The first-order valence-electron chi connectivity index (χ1n) is 3.77. The first kappa shape index (κ1) is 11.8. The van der Waals surface area contributed by atoms with Crippen molar-refractivity contribution in [2.24, 2.45) is 0 Å². The Balaban J connectivity index is 4.23. The first-order chi connectivity index (χ1) is 5.99. The van der Waals surface area contributed by atoms with Crippen LogP contribution in [0.25, 0.3) is 0 Å². The van der Waals surface area contributed by atoms with Crippen LogP contribution < -0.4 is 0 Å². The van der Waals surface area contributed by atoms with Crippen LogP contribution in [0.5, 0.6) is 0 Å². The number of carbonyl (C=O) groups excluding carboxylic acids is 1. The summed E-state index contributed by atoms with van der Waals surface area (Å²) in [6, 6.07) is 0. The third-order valence-corrected chi connectivity index (χ3v) is 1.32. The fraction of sp³-hybridized carbons (Fsp3) is 0.714. The van der Waals surface area contributed by atoms with Gasteiger partial charge in [-0.1, -0.05) is 6.92 Å². The minimum Gasteiger partial charge on any atom is -0.480 e. The second kappa shape index (κ2) is 5.45. The van der Waals surface area contributed by atoms with Crippen LogP contribution in [0.15, 0.2) is 0 Å². The van der Waals surface area contributed by atoms with Gasteiger partial charge in [-0.05, 0) is 6.42 Å². The zero-order chi connectivity index (χ0) is 10.4. The number of hydrogen-bond donors (Lipinski definition) is 1. The highest BCUT2D eigenvalue weighted by Gasteiger charge is 2.23. The van der Waals surface area contributed by atoms with E-state index in [0.717, 1.165) is 0 Å². The van der Waals surface area contributed by atoms with E-state index >= 15 is 0 Å². The molecule has 6 heteroatoms. The molecule has 0 atom stereocenters. The van der Waals surface area contributed by atoms with E-state index in [9.17, 15) is 18.4 Å². The van der Waals surface area contributed by atoms with Gasteiger partial charge in [0.05, 0.1) is 0 Å². The maximum atomic E-state index is 11.9. The van der Waals surface area contributed by atoms with Crippen molar-refractivity contribution in [1.29, 1.82) is 0 Å². The molecule has 4 nitrogen and oxygen atoms in total. The summed E-state index contributed by atoms with van der Waals surface area (Å²) in [5, 5.41) is 8.30. The highest BCUT2D eigenvalue weighted by molar-refractivity contribution is 5.83. The topological polar surface area (TPSA) is 57.6 Å². The summed E-state index contributed by atoms with van der Waals surface area (Å²) < 4.78 is 23.7. The van der Waals surface area contributed by atoms with Crippen LogP contribution >= 0.6 is 0 Å². The van der Waals surface area contributed by atoms with Gasteiger partial charge >= 0.3 is 12.4 Å². The fourth-order valence-electron chi connectivity index (χ4n) is 0.838. The highest BCUT2D eigenvalue weighted by atomic mass is 19.3. The molecule has 76 valence electrons.